The molecule has 0 saturated heterocycles. The van der Waals surface area contributed by atoms with Crippen LogP contribution in [0.5, 0.6) is 5.75 Å². The highest BCUT2D eigenvalue weighted by atomic mass is 32.2. The van der Waals surface area contributed by atoms with E-state index in [0.29, 0.717) is 16.3 Å². The van der Waals surface area contributed by atoms with Gasteiger partial charge < -0.3 is 21.7 Å². The Kier molecular flexibility index (Phi) is 10.9. The summed E-state index contributed by atoms with van der Waals surface area (Å²) in [7, 11) is 0. The monoisotopic (exact) mass is 486 g/mol. The third-order valence-corrected chi connectivity index (χ3v) is 5.15. The first-order valence-corrected chi connectivity index (χ1v) is 10.8. The first-order chi connectivity index (χ1) is 15.9. The van der Waals surface area contributed by atoms with Gasteiger partial charge in [-0.1, -0.05) is 32.0 Å². The van der Waals surface area contributed by atoms with Crippen LogP contribution in [0.25, 0.3) is 11.1 Å². The van der Waals surface area contributed by atoms with Crippen LogP contribution in [-0.4, -0.2) is 27.8 Å². The van der Waals surface area contributed by atoms with E-state index in [4.69, 9.17) is 10.8 Å². The van der Waals surface area contributed by atoms with E-state index in [0.717, 1.165) is 5.56 Å². The Morgan fingerprint density at radius 3 is 2.29 bits per heavy atom. The summed E-state index contributed by atoms with van der Waals surface area (Å²) in [5.74, 6) is 0.244. The maximum absolute atomic E-state index is 13.2. The predicted octanol–water partition coefficient (Wildman–Crippen LogP) is 4.91. The zero-order valence-corrected chi connectivity index (χ0v) is 19.4. The van der Waals surface area contributed by atoms with Crippen molar-refractivity contribution >= 4 is 17.6 Å². The van der Waals surface area contributed by atoms with Crippen LogP contribution in [0.1, 0.15) is 30.5 Å². The second kappa shape index (κ2) is 13.1. The number of anilines is 1. The summed E-state index contributed by atoms with van der Waals surface area (Å²) in [6.07, 6.45) is -0.392. The lowest BCUT2D eigenvalue weighted by molar-refractivity contribution is -0.200. The number of halogens is 2. The number of hydrogen-bond acceptors (Lipinski definition) is 9. The molecule has 178 valence electrons. The van der Waals surface area contributed by atoms with Crippen molar-refractivity contribution in [2.75, 3.05) is 12.3 Å². The Morgan fingerprint density at radius 1 is 1.12 bits per heavy atom. The van der Waals surface area contributed by atoms with Crippen LogP contribution in [-0.2, 0) is 5.75 Å². The molecule has 0 spiro atoms. The molecule has 2 aromatic heterocycles. The number of aliphatic hydroxyl groups is 1. The number of nitrogens with two attached hydrogens (primary N) is 1. The second-order valence-electron chi connectivity index (χ2n) is 6.22. The molecule has 3 rings (SSSR count). The number of hydrogen-bond donors (Lipinski definition) is 3. The third-order valence-electron chi connectivity index (χ3n) is 4.11. The average molecular weight is 487 g/mol. The SMILES string of the molecule is CC.N.N#Cc1c(N)nc(SCc2cccnc2)c(C#N)c1-c1ccc(OC(F)(F)CO)cc1. The summed E-state index contributed by atoms with van der Waals surface area (Å²) in [5, 5.41) is 28.3. The highest BCUT2D eigenvalue weighted by Crippen LogP contribution is 2.37. The number of ether oxygens (including phenoxy) is 1. The number of nitriles is 2. The lowest BCUT2D eigenvalue weighted by atomic mass is 9.97. The van der Waals surface area contributed by atoms with Gasteiger partial charge in [0, 0.05) is 23.7 Å². The number of nitrogen functional groups attached to an aromatic ring is 1. The molecule has 11 heteroatoms. The molecular weight excluding hydrogens is 462 g/mol. The van der Waals surface area contributed by atoms with Gasteiger partial charge in [-0.3, -0.25) is 4.98 Å². The minimum Gasteiger partial charge on any atom is -0.431 e. The Morgan fingerprint density at radius 2 is 1.76 bits per heavy atom. The zero-order valence-electron chi connectivity index (χ0n) is 18.6. The number of rotatable bonds is 7. The zero-order chi connectivity index (χ0) is 24.4. The van der Waals surface area contributed by atoms with Crippen molar-refractivity contribution in [3.8, 4) is 29.0 Å². The van der Waals surface area contributed by atoms with Gasteiger partial charge in [-0.05, 0) is 29.3 Å². The first kappa shape index (κ1) is 28.3. The predicted molar refractivity (Wildman–Crippen MR) is 126 cm³/mol. The summed E-state index contributed by atoms with van der Waals surface area (Å²) in [6, 6.07) is 13.0. The lowest BCUT2D eigenvalue weighted by Gasteiger charge is -2.16. The molecule has 6 N–H and O–H groups in total. The molecule has 2 heterocycles. The maximum Gasteiger partial charge on any atom is 0.421 e. The number of pyridine rings is 2. The van der Waals surface area contributed by atoms with Crippen LogP contribution in [0.3, 0.4) is 0 Å². The molecule has 0 amide bonds. The molecule has 0 saturated carbocycles. The average Bonchev–Trinajstić information content (AvgIpc) is 2.84. The van der Waals surface area contributed by atoms with E-state index in [2.05, 4.69) is 20.8 Å². The molecule has 0 aliphatic rings. The van der Waals surface area contributed by atoms with Crippen molar-refractivity contribution in [1.82, 2.24) is 16.1 Å². The van der Waals surface area contributed by atoms with Gasteiger partial charge in [0.1, 0.15) is 40.9 Å². The van der Waals surface area contributed by atoms with Crippen LogP contribution >= 0.6 is 11.8 Å². The van der Waals surface area contributed by atoms with Crippen molar-refractivity contribution in [2.45, 2.75) is 30.7 Å². The third kappa shape index (κ3) is 6.86. The Balaban J connectivity index is 0.00000188. The fourth-order valence-corrected chi connectivity index (χ4v) is 3.65. The van der Waals surface area contributed by atoms with Crippen molar-refractivity contribution in [1.29, 1.82) is 10.5 Å². The molecule has 0 bridgehead atoms. The van der Waals surface area contributed by atoms with E-state index < -0.39 is 12.7 Å². The summed E-state index contributed by atoms with van der Waals surface area (Å²) < 4.78 is 30.9. The topological polar surface area (TPSA) is 164 Å². The highest BCUT2D eigenvalue weighted by molar-refractivity contribution is 7.98. The number of thioether (sulfide) groups is 1. The maximum atomic E-state index is 13.2. The van der Waals surface area contributed by atoms with Gasteiger partial charge in [0.25, 0.3) is 0 Å². The molecule has 0 unspecified atom stereocenters. The van der Waals surface area contributed by atoms with Crippen LogP contribution in [0.4, 0.5) is 14.6 Å². The van der Waals surface area contributed by atoms with Gasteiger partial charge in [-0.2, -0.15) is 19.3 Å². The van der Waals surface area contributed by atoms with Crippen molar-refractivity contribution in [3.05, 3.63) is 65.5 Å². The molecular formula is C23H24F2N6O2S. The molecule has 3 aromatic rings. The molecule has 0 atom stereocenters. The first-order valence-electron chi connectivity index (χ1n) is 9.82. The number of nitrogens with zero attached hydrogens (tertiary/aromatic N) is 4. The van der Waals surface area contributed by atoms with E-state index in [1.807, 2.05) is 26.0 Å². The van der Waals surface area contributed by atoms with Crippen LogP contribution in [0, 0.1) is 22.7 Å². The largest absolute Gasteiger partial charge is 0.431 e. The molecule has 0 radical (unpaired) electrons. The Hall–Kier alpha value is -3.77. The van der Waals surface area contributed by atoms with Gasteiger partial charge in [0.2, 0.25) is 0 Å². The van der Waals surface area contributed by atoms with E-state index in [1.54, 1.807) is 18.5 Å². The standard InChI is InChI=1S/C21H15F2N5O2S.C2H6.H3N/c22-21(23,12-29)30-15-5-3-14(4-6-15)18-16(8-24)19(26)28-20(17(18)9-25)31-11-13-2-1-7-27-10-13;1-2;/h1-7,10,29H,11-12H2,(H2,26,28);1-2H3;1H3. The second-order valence-corrected chi connectivity index (χ2v) is 7.19. The van der Waals surface area contributed by atoms with Gasteiger partial charge in [-0.25, -0.2) is 4.98 Å². The van der Waals surface area contributed by atoms with E-state index in [9.17, 15) is 19.3 Å². The smallest absolute Gasteiger partial charge is 0.421 e. The summed E-state index contributed by atoms with van der Waals surface area (Å²) in [6.45, 7) is 2.53. The van der Waals surface area contributed by atoms with E-state index in [-0.39, 0.29) is 34.4 Å². The Labute approximate surface area is 200 Å². The van der Waals surface area contributed by atoms with Crippen LogP contribution in [0.2, 0.25) is 0 Å². The highest BCUT2D eigenvalue weighted by Gasteiger charge is 2.30. The minimum absolute atomic E-state index is 0. The molecule has 0 aliphatic heterocycles. The summed E-state index contributed by atoms with van der Waals surface area (Å²) >= 11 is 1.27. The van der Waals surface area contributed by atoms with Crippen molar-refractivity contribution in [2.24, 2.45) is 0 Å². The number of benzene rings is 1. The van der Waals surface area contributed by atoms with Gasteiger partial charge in [0.15, 0.2) is 0 Å². The summed E-state index contributed by atoms with van der Waals surface area (Å²) in [4.78, 5) is 8.26. The number of alkyl halides is 2. The van der Waals surface area contributed by atoms with Crippen molar-refractivity contribution < 1.29 is 18.6 Å². The van der Waals surface area contributed by atoms with Gasteiger partial charge >= 0.3 is 6.11 Å². The van der Waals surface area contributed by atoms with Crippen LogP contribution < -0.4 is 16.6 Å². The van der Waals surface area contributed by atoms with Gasteiger partial charge in [-0.15, -0.1) is 11.8 Å². The van der Waals surface area contributed by atoms with E-state index in [1.165, 1.54) is 36.0 Å². The molecule has 0 aliphatic carbocycles. The molecule has 0 fully saturated rings. The van der Waals surface area contributed by atoms with Crippen molar-refractivity contribution in [3.63, 3.8) is 0 Å². The van der Waals surface area contributed by atoms with E-state index >= 15 is 0 Å². The minimum atomic E-state index is -3.73. The molecule has 34 heavy (non-hydrogen) atoms. The Bertz CT molecular complexity index is 1160. The van der Waals surface area contributed by atoms with Gasteiger partial charge in [0.05, 0.1) is 5.56 Å². The lowest BCUT2D eigenvalue weighted by Crippen LogP contribution is -2.28. The fourth-order valence-electron chi connectivity index (χ4n) is 2.72. The quantitative estimate of drug-likeness (QED) is 0.393. The number of aromatic nitrogens is 2. The fraction of sp³-hybridized carbons (Fsp3) is 0.217. The number of aliphatic hydroxyl groups excluding tert-OH is 1. The normalized spacial score (nSPS) is 10.1. The molecule has 1 aromatic carbocycles. The van der Waals surface area contributed by atoms with Crippen LogP contribution in [0.15, 0.2) is 53.8 Å². The summed E-state index contributed by atoms with van der Waals surface area (Å²) in [5.41, 5.74) is 7.71. The molecule has 8 nitrogen and oxygen atoms in total.